The van der Waals surface area contributed by atoms with Crippen molar-refractivity contribution in [1.29, 1.82) is 0 Å². The van der Waals surface area contributed by atoms with E-state index in [1.54, 1.807) is 0 Å². The molecule has 28 heavy (non-hydrogen) atoms. The molecule has 0 aliphatic heterocycles. The fourth-order valence-electron chi connectivity index (χ4n) is 3.26. The third-order valence-corrected chi connectivity index (χ3v) is 8.75. The molecule has 4 heteroatoms. The van der Waals surface area contributed by atoms with Crippen molar-refractivity contribution in [1.82, 2.24) is 9.45 Å². The van der Waals surface area contributed by atoms with E-state index in [0.29, 0.717) is 0 Å². The summed E-state index contributed by atoms with van der Waals surface area (Å²) in [5, 5.41) is 8.98. The monoisotopic (exact) mass is 400 g/mol. The van der Waals surface area contributed by atoms with Gasteiger partial charge in [-0.25, -0.2) is 0 Å². The summed E-state index contributed by atoms with van der Waals surface area (Å²) in [7, 11) is -2.07. The number of aromatic nitrogens is 2. The summed E-state index contributed by atoms with van der Waals surface area (Å²) in [5.41, 5.74) is 2.24. The highest BCUT2D eigenvalue weighted by Crippen LogP contribution is 2.33. The largest absolute Gasteiger partial charge is 0.301 e. The first kappa shape index (κ1) is 18.9. The quantitative estimate of drug-likeness (QED) is 0.341. The van der Waals surface area contributed by atoms with Gasteiger partial charge in [0.05, 0.1) is 5.69 Å². The number of hydrogen-bond donors (Lipinski definition) is 0. The Morgan fingerprint density at radius 1 is 0.679 bits per heavy atom. The second-order valence-corrected chi connectivity index (χ2v) is 14.9. The van der Waals surface area contributed by atoms with Crippen molar-refractivity contribution < 1.29 is 0 Å². The van der Waals surface area contributed by atoms with Crippen molar-refractivity contribution in [2.45, 2.75) is 19.6 Å². The van der Waals surface area contributed by atoms with Crippen molar-refractivity contribution in [3.05, 3.63) is 97.2 Å². The summed E-state index contributed by atoms with van der Waals surface area (Å²) in [5.74, 6) is 0. The topological polar surface area (TPSA) is 17.8 Å². The third-order valence-electron chi connectivity index (χ3n) is 4.71. The van der Waals surface area contributed by atoms with Gasteiger partial charge in [0.15, 0.2) is 8.24 Å². The van der Waals surface area contributed by atoms with Gasteiger partial charge < -0.3 is 4.35 Å². The van der Waals surface area contributed by atoms with E-state index in [-0.39, 0.29) is 0 Å². The highest BCUT2D eigenvalue weighted by Gasteiger charge is 2.19. The van der Waals surface area contributed by atoms with Crippen LogP contribution in [-0.2, 0) is 0 Å². The molecule has 0 spiro atoms. The lowest BCUT2D eigenvalue weighted by molar-refractivity contribution is 0.938. The molecule has 0 unspecified atom stereocenters. The van der Waals surface area contributed by atoms with Crippen molar-refractivity contribution in [2.75, 3.05) is 0 Å². The van der Waals surface area contributed by atoms with Crippen molar-refractivity contribution >= 4 is 32.1 Å². The molecule has 4 aromatic rings. The Hall–Kier alpha value is -2.48. The van der Waals surface area contributed by atoms with E-state index in [1.165, 1.54) is 21.5 Å². The van der Waals surface area contributed by atoms with E-state index < -0.39 is 16.2 Å². The molecule has 0 aliphatic rings. The molecule has 0 N–H and O–H groups in total. The van der Waals surface area contributed by atoms with E-state index in [9.17, 15) is 0 Å². The summed E-state index contributed by atoms with van der Waals surface area (Å²) >= 11 is 0. The molecule has 2 nitrogen and oxygen atoms in total. The maximum absolute atomic E-state index is 4.88. The Bertz CT molecular complexity index is 1010. The zero-order valence-electron chi connectivity index (χ0n) is 16.6. The van der Waals surface area contributed by atoms with E-state index in [4.69, 9.17) is 5.10 Å². The summed E-state index contributed by atoms with van der Waals surface area (Å²) in [4.78, 5) is 0. The Morgan fingerprint density at radius 3 is 1.79 bits per heavy atom. The maximum atomic E-state index is 4.88. The van der Waals surface area contributed by atoms with Gasteiger partial charge in [0, 0.05) is 11.8 Å². The van der Waals surface area contributed by atoms with Crippen LogP contribution in [0.15, 0.2) is 97.2 Å². The molecule has 0 amide bonds. The molecular weight excluding hydrogens is 375 g/mol. The standard InChI is InChI=1S/C24H25N2PSi/c1-28(2,3)26-18-17-24(25-26)20-11-10-16-23(19-20)27(21-12-6-4-7-13-21)22-14-8-5-9-15-22/h4-19H,1-3H3. The predicted molar refractivity (Wildman–Crippen MR) is 125 cm³/mol. The first-order valence-corrected chi connectivity index (χ1v) is 14.4. The molecule has 1 aromatic heterocycles. The lowest BCUT2D eigenvalue weighted by Gasteiger charge is -2.20. The van der Waals surface area contributed by atoms with Crippen molar-refractivity contribution in [3.63, 3.8) is 0 Å². The van der Waals surface area contributed by atoms with Gasteiger partial charge in [0.1, 0.15) is 0 Å². The fraction of sp³-hybridized carbons (Fsp3) is 0.125. The first-order chi connectivity index (χ1) is 13.5. The second-order valence-electron chi connectivity index (χ2n) is 7.87. The Balaban J connectivity index is 1.78. The summed E-state index contributed by atoms with van der Waals surface area (Å²) in [6, 6.07) is 32.7. The Kier molecular flexibility index (Phi) is 5.30. The van der Waals surface area contributed by atoms with Gasteiger partial charge in [-0.2, -0.15) is 5.10 Å². The predicted octanol–water partition coefficient (Wildman–Crippen LogP) is 4.99. The molecule has 0 bridgehead atoms. The summed E-state index contributed by atoms with van der Waals surface area (Å²) < 4.78 is 2.17. The van der Waals surface area contributed by atoms with Crippen LogP contribution in [0.5, 0.6) is 0 Å². The van der Waals surface area contributed by atoms with Crippen molar-refractivity contribution in [3.8, 4) is 11.3 Å². The van der Waals surface area contributed by atoms with Gasteiger partial charge in [-0.05, 0) is 55.6 Å². The van der Waals surface area contributed by atoms with Crippen LogP contribution < -0.4 is 15.9 Å². The molecule has 140 valence electrons. The minimum absolute atomic E-state index is 0.594. The zero-order chi connectivity index (χ0) is 19.6. The van der Waals surface area contributed by atoms with Gasteiger partial charge in [-0.3, -0.25) is 0 Å². The molecule has 0 fully saturated rings. The molecule has 1 heterocycles. The molecule has 0 radical (unpaired) electrons. The van der Waals surface area contributed by atoms with Crippen LogP contribution in [0.25, 0.3) is 11.3 Å². The minimum Gasteiger partial charge on any atom is -0.301 e. The third kappa shape index (κ3) is 4.01. The number of hydrogen-bond acceptors (Lipinski definition) is 1. The number of benzene rings is 3. The molecule has 0 atom stereocenters. The number of nitrogens with zero attached hydrogens (tertiary/aromatic N) is 2. The molecule has 0 saturated carbocycles. The van der Waals surface area contributed by atoms with Gasteiger partial charge in [-0.1, -0.05) is 78.9 Å². The number of rotatable bonds is 5. The summed E-state index contributed by atoms with van der Waals surface area (Å²) in [6.45, 7) is 6.93. The Labute approximate surface area is 169 Å². The highest BCUT2D eigenvalue weighted by molar-refractivity contribution is 7.79. The highest BCUT2D eigenvalue weighted by atomic mass is 31.1. The average molecular weight is 401 g/mol. The minimum atomic E-state index is -1.48. The van der Waals surface area contributed by atoms with Crippen LogP contribution in [0.4, 0.5) is 0 Å². The van der Waals surface area contributed by atoms with Gasteiger partial charge >= 0.3 is 0 Å². The van der Waals surface area contributed by atoms with E-state index in [2.05, 4.69) is 121 Å². The van der Waals surface area contributed by atoms with E-state index in [0.717, 1.165) is 5.69 Å². The van der Waals surface area contributed by atoms with Gasteiger partial charge in [-0.15, -0.1) is 0 Å². The van der Waals surface area contributed by atoms with Gasteiger partial charge in [0.25, 0.3) is 0 Å². The van der Waals surface area contributed by atoms with Crippen LogP contribution in [0, 0.1) is 0 Å². The lowest BCUT2D eigenvalue weighted by atomic mass is 10.2. The maximum Gasteiger partial charge on any atom is 0.175 e. The van der Waals surface area contributed by atoms with Gasteiger partial charge in [0.2, 0.25) is 0 Å². The molecule has 4 rings (SSSR count). The lowest BCUT2D eigenvalue weighted by Crippen LogP contribution is -2.32. The van der Waals surface area contributed by atoms with E-state index in [1.807, 2.05) is 0 Å². The fourth-order valence-corrected chi connectivity index (χ4v) is 6.52. The zero-order valence-corrected chi connectivity index (χ0v) is 18.5. The second kappa shape index (κ2) is 7.87. The van der Waals surface area contributed by atoms with Crippen LogP contribution in [0.3, 0.4) is 0 Å². The normalized spacial score (nSPS) is 11.7. The Morgan fingerprint density at radius 2 is 1.25 bits per heavy atom. The molecule has 0 saturated heterocycles. The SMILES string of the molecule is C[Si](C)(C)n1ccc(-c2cccc(P(c3ccccc3)c3ccccc3)c2)n1. The molecule has 0 aliphatic carbocycles. The average Bonchev–Trinajstić information content (AvgIpc) is 3.21. The molecule has 3 aromatic carbocycles. The van der Waals surface area contributed by atoms with E-state index >= 15 is 0 Å². The first-order valence-electron chi connectivity index (χ1n) is 9.59. The van der Waals surface area contributed by atoms with Crippen molar-refractivity contribution in [2.24, 2.45) is 0 Å². The van der Waals surface area contributed by atoms with Crippen LogP contribution in [0.1, 0.15) is 0 Å². The van der Waals surface area contributed by atoms with Crippen LogP contribution >= 0.6 is 7.92 Å². The van der Waals surface area contributed by atoms with Crippen LogP contribution in [-0.4, -0.2) is 17.7 Å². The molecular formula is C24H25N2PSi. The smallest absolute Gasteiger partial charge is 0.175 e. The summed E-state index contributed by atoms with van der Waals surface area (Å²) in [6.07, 6.45) is 2.13. The van der Waals surface area contributed by atoms with Crippen LogP contribution in [0.2, 0.25) is 19.6 Å².